The van der Waals surface area contributed by atoms with Gasteiger partial charge in [-0.05, 0) is 41.1 Å². The van der Waals surface area contributed by atoms with Crippen LogP contribution in [0, 0.1) is 0 Å². The van der Waals surface area contributed by atoms with Crippen LogP contribution in [-0.2, 0) is 7.05 Å². The van der Waals surface area contributed by atoms with Crippen molar-refractivity contribution in [3.05, 3.63) is 115 Å². The molecule has 2 nitrogen and oxygen atoms in total. The summed E-state index contributed by atoms with van der Waals surface area (Å²) >= 11 is 0. The maximum Gasteiger partial charge on any atom is 0.0626 e. The Morgan fingerprint density at radius 3 is 1.77 bits per heavy atom. The van der Waals surface area contributed by atoms with Crippen LogP contribution in [-0.4, -0.2) is 9.13 Å². The van der Waals surface area contributed by atoms with E-state index in [9.17, 15) is 0 Å². The summed E-state index contributed by atoms with van der Waals surface area (Å²) in [6.07, 6.45) is 0. The number of hydrogen-bond donors (Lipinski definition) is 0. The zero-order valence-corrected chi connectivity index (χ0v) is 19.4. The number of benzene rings is 6. The lowest BCUT2D eigenvalue weighted by atomic mass is 9.93. The van der Waals surface area contributed by atoms with Gasteiger partial charge in [0.05, 0.1) is 11.0 Å². The summed E-state index contributed by atoms with van der Waals surface area (Å²) in [5.41, 5.74) is 6.24. The molecule has 0 unspecified atom stereocenters. The standard InChI is InChI=1S/C33H22N2/c1-34-27-17-9-7-15-25(27)30-29(34)20-19-23-22-13-5-6-14-24(22)33-32(31(23)30)26-16-8-10-18-28(26)35(33)21-11-3-2-4-12-21/h2-20H,1H3. The van der Waals surface area contributed by atoms with Crippen LogP contribution in [0.4, 0.5) is 0 Å². The average Bonchev–Trinajstić information content (AvgIpc) is 3.42. The minimum absolute atomic E-state index is 1.19. The van der Waals surface area contributed by atoms with Crippen molar-refractivity contribution in [1.29, 1.82) is 0 Å². The number of rotatable bonds is 1. The van der Waals surface area contributed by atoms with Gasteiger partial charge in [0.15, 0.2) is 0 Å². The molecule has 0 aliphatic carbocycles. The van der Waals surface area contributed by atoms with Gasteiger partial charge in [-0.2, -0.15) is 0 Å². The number of aromatic nitrogens is 2. The lowest BCUT2D eigenvalue weighted by molar-refractivity contribution is 1.01. The molecule has 0 aliphatic rings. The van der Waals surface area contributed by atoms with Crippen molar-refractivity contribution in [2.24, 2.45) is 7.05 Å². The summed E-state index contributed by atoms with van der Waals surface area (Å²) in [6.45, 7) is 0. The molecular formula is C33H22N2. The Kier molecular flexibility index (Phi) is 3.62. The molecule has 164 valence electrons. The average molecular weight is 447 g/mol. The first-order chi connectivity index (χ1) is 17.3. The maximum absolute atomic E-state index is 2.45. The van der Waals surface area contributed by atoms with Gasteiger partial charge in [0, 0.05) is 56.1 Å². The van der Waals surface area contributed by atoms with Gasteiger partial charge in [-0.3, -0.25) is 0 Å². The van der Waals surface area contributed by atoms with E-state index >= 15 is 0 Å². The van der Waals surface area contributed by atoms with E-state index in [1.54, 1.807) is 0 Å². The summed E-state index contributed by atoms with van der Waals surface area (Å²) < 4.78 is 4.79. The smallest absolute Gasteiger partial charge is 0.0626 e. The molecule has 0 amide bonds. The predicted octanol–water partition coefficient (Wildman–Crippen LogP) is 8.74. The van der Waals surface area contributed by atoms with Crippen molar-refractivity contribution in [2.75, 3.05) is 0 Å². The summed E-state index contributed by atoms with van der Waals surface area (Å²) in [4.78, 5) is 0. The monoisotopic (exact) mass is 446 g/mol. The van der Waals surface area contributed by atoms with Crippen LogP contribution in [0.5, 0.6) is 0 Å². The van der Waals surface area contributed by atoms with Gasteiger partial charge in [0.25, 0.3) is 0 Å². The van der Waals surface area contributed by atoms with Gasteiger partial charge < -0.3 is 9.13 Å². The molecule has 2 aromatic heterocycles. The van der Waals surface area contributed by atoms with Crippen molar-refractivity contribution in [3.63, 3.8) is 0 Å². The molecule has 0 saturated heterocycles. The first-order valence-corrected chi connectivity index (χ1v) is 12.1. The molecule has 35 heavy (non-hydrogen) atoms. The molecule has 0 bridgehead atoms. The Balaban J connectivity index is 1.79. The zero-order valence-electron chi connectivity index (χ0n) is 19.4. The SMILES string of the molecule is Cn1c2ccccc2c2c3c(ccc21)c1ccccc1c1c3c2ccccc2n1-c1ccccc1. The number of nitrogens with zero attached hydrogens (tertiary/aromatic N) is 2. The second kappa shape index (κ2) is 6.74. The number of hydrogen-bond acceptors (Lipinski definition) is 0. The Hall–Kier alpha value is -4.56. The Bertz CT molecular complexity index is 2110. The number of fused-ring (bicyclic) bond motifs is 12. The van der Waals surface area contributed by atoms with Crippen LogP contribution < -0.4 is 0 Å². The van der Waals surface area contributed by atoms with Crippen LogP contribution in [0.3, 0.4) is 0 Å². The van der Waals surface area contributed by atoms with E-state index in [2.05, 4.69) is 131 Å². The summed E-state index contributed by atoms with van der Waals surface area (Å²) in [7, 11) is 2.18. The van der Waals surface area contributed by atoms with Gasteiger partial charge in [-0.15, -0.1) is 0 Å². The van der Waals surface area contributed by atoms with Gasteiger partial charge in [0.1, 0.15) is 0 Å². The Morgan fingerprint density at radius 1 is 0.400 bits per heavy atom. The molecule has 2 heterocycles. The Morgan fingerprint density at radius 2 is 1.00 bits per heavy atom. The molecule has 0 N–H and O–H groups in total. The highest BCUT2D eigenvalue weighted by atomic mass is 15.0. The second-order valence-corrected chi connectivity index (χ2v) is 9.42. The maximum atomic E-state index is 2.45. The van der Waals surface area contributed by atoms with Crippen molar-refractivity contribution < 1.29 is 0 Å². The van der Waals surface area contributed by atoms with E-state index in [0.717, 1.165) is 0 Å². The first kappa shape index (κ1) is 18.8. The second-order valence-electron chi connectivity index (χ2n) is 9.42. The third-order valence-corrected chi connectivity index (χ3v) is 7.69. The van der Waals surface area contributed by atoms with E-state index in [-0.39, 0.29) is 0 Å². The molecule has 0 spiro atoms. The number of para-hydroxylation sites is 3. The molecule has 0 aliphatic heterocycles. The molecule has 8 aromatic rings. The largest absolute Gasteiger partial charge is 0.344 e. The van der Waals surface area contributed by atoms with Gasteiger partial charge in [-0.25, -0.2) is 0 Å². The third-order valence-electron chi connectivity index (χ3n) is 7.69. The molecule has 8 rings (SSSR count). The fraction of sp³-hybridized carbons (Fsp3) is 0.0303. The fourth-order valence-electron chi connectivity index (χ4n) is 6.25. The molecule has 0 atom stereocenters. The topological polar surface area (TPSA) is 9.86 Å². The van der Waals surface area contributed by atoms with Gasteiger partial charge in [0.2, 0.25) is 0 Å². The van der Waals surface area contributed by atoms with Gasteiger partial charge >= 0.3 is 0 Å². The van der Waals surface area contributed by atoms with E-state index < -0.39 is 0 Å². The van der Waals surface area contributed by atoms with Crippen molar-refractivity contribution >= 4 is 65.2 Å². The van der Waals surface area contributed by atoms with Crippen LogP contribution >= 0.6 is 0 Å². The van der Waals surface area contributed by atoms with Crippen LogP contribution in [0.2, 0.25) is 0 Å². The van der Waals surface area contributed by atoms with Crippen molar-refractivity contribution in [1.82, 2.24) is 9.13 Å². The fourth-order valence-corrected chi connectivity index (χ4v) is 6.25. The van der Waals surface area contributed by atoms with E-state index in [4.69, 9.17) is 0 Å². The summed E-state index contributed by atoms with van der Waals surface area (Å²) in [6, 6.07) is 41.9. The minimum atomic E-state index is 1.19. The third kappa shape index (κ3) is 2.33. The summed E-state index contributed by atoms with van der Waals surface area (Å²) in [5, 5.41) is 10.5. The highest BCUT2D eigenvalue weighted by molar-refractivity contribution is 6.39. The molecule has 2 heteroatoms. The van der Waals surface area contributed by atoms with E-state index in [0.29, 0.717) is 0 Å². The van der Waals surface area contributed by atoms with Crippen molar-refractivity contribution in [2.45, 2.75) is 0 Å². The van der Waals surface area contributed by atoms with E-state index in [1.165, 1.54) is 70.8 Å². The molecular weight excluding hydrogens is 424 g/mol. The van der Waals surface area contributed by atoms with Crippen molar-refractivity contribution in [3.8, 4) is 5.69 Å². The van der Waals surface area contributed by atoms with E-state index in [1.807, 2.05) is 0 Å². The van der Waals surface area contributed by atoms with Crippen LogP contribution in [0.1, 0.15) is 0 Å². The first-order valence-electron chi connectivity index (χ1n) is 12.1. The zero-order chi connectivity index (χ0) is 23.1. The minimum Gasteiger partial charge on any atom is -0.344 e. The van der Waals surface area contributed by atoms with Crippen LogP contribution in [0.25, 0.3) is 70.8 Å². The molecule has 0 saturated carbocycles. The molecule has 0 fully saturated rings. The molecule has 6 aromatic carbocycles. The lowest BCUT2D eigenvalue weighted by Crippen LogP contribution is -1.94. The van der Waals surface area contributed by atoms with Gasteiger partial charge in [-0.1, -0.05) is 84.9 Å². The lowest BCUT2D eigenvalue weighted by Gasteiger charge is -2.13. The predicted molar refractivity (Wildman–Crippen MR) is 150 cm³/mol. The normalized spacial score (nSPS) is 12.1. The quantitative estimate of drug-likeness (QED) is 0.223. The Labute approximate surface area is 202 Å². The highest BCUT2D eigenvalue weighted by Crippen LogP contribution is 2.46. The number of aryl methyl sites for hydroxylation is 1. The summed E-state index contributed by atoms with van der Waals surface area (Å²) in [5.74, 6) is 0. The molecule has 0 radical (unpaired) electrons. The highest BCUT2D eigenvalue weighted by Gasteiger charge is 2.21. The van der Waals surface area contributed by atoms with Crippen LogP contribution in [0.15, 0.2) is 115 Å².